The van der Waals surface area contributed by atoms with Crippen LogP contribution < -0.4 is 10.2 Å². The summed E-state index contributed by atoms with van der Waals surface area (Å²) in [6.45, 7) is 5.66. The predicted molar refractivity (Wildman–Crippen MR) is 73.3 cm³/mol. The van der Waals surface area contributed by atoms with Crippen LogP contribution in [0.3, 0.4) is 0 Å². The first-order valence-corrected chi connectivity index (χ1v) is 6.66. The van der Waals surface area contributed by atoms with E-state index in [-0.39, 0.29) is 5.91 Å². The summed E-state index contributed by atoms with van der Waals surface area (Å²) in [5.41, 5.74) is 1.19. The standard InChI is InChI=1S/C13H19N5O2/c1-4-15-12(19)11-8-20-6-5-18(11)13-10(7-14)9(2)16-17(13)3/h11H,4-6,8H2,1-3H3,(H,15,19). The van der Waals surface area contributed by atoms with Crippen molar-refractivity contribution < 1.29 is 9.53 Å². The first-order chi connectivity index (χ1) is 9.60. The van der Waals surface area contributed by atoms with Gasteiger partial charge in [-0.2, -0.15) is 10.4 Å². The molecule has 0 saturated carbocycles. The Bertz CT molecular complexity index is 546. The van der Waals surface area contributed by atoms with E-state index in [2.05, 4.69) is 16.5 Å². The van der Waals surface area contributed by atoms with Crippen LogP contribution in [0, 0.1) is 18.3 Å². The van der Waals surface area contributed by atoms with E-state index >= 15 is 0 Å². The molecule has 1 aromatic heterocycles. The summed E-state index contributed by atoms with van der Waals surface area (Å²) in [5.74, 6) is 0.597. The summed E-state index contributed by atoms with van der Waals surface area (Å²) in [4.78, 5) is 14.1. The smallest absolute Gasteiger partial charge is 0.245 e. The molecule has 1 N–H and O–H groups in total. The molecule has 0 bridgehead atoms. The zero-order valence-electron chi connectivity index (χ0n) is 12.0. The van der Waals surface area contributed by atoms with Crippen molar-refractivity contribution in [2.45, 2.75) is 19.9 Å². The summed E-state index contributed by atoms with van der Waals surface area (Å²) in [6, 6.07) is 1.75. The highest BCUT2D eigenvalue weighted by Gasteiger charge is 2.33. The maximum Gasteiger partial charge on any atom is 0.245 e. The number of hydrogen-bond acceptors (Lipinski definition) is 5. The minimum Gasteiger partial charge on any atom is -0.377 e. The highest BCUT2D eigenvalue weighted by atomic mass is 16.5. The molecule has 1 fully saturated rings. The second kappa shape index (κ2) is 5.92. The molecule has 1 atom stereocenters. The zero-order chi connectivity index (χ0) is 14.7. The van der Waals surface area contributed by atoms with E-state index in [4.69, 9.17) is 4.74 Å². The lowest BCUT2D eigenvalue weighted by molar-refractivity contribution is -0.124. The van der Waals surface area contributed by atoms with Crippen molar-refractivity contribution in [3.05, 3.63) is 11.3 Å². The van der Waals surface area contributed by atoms with Crippen LogP contribution in [0.25, 0.3) is 0 Å². The van der Waals surface area contributed by atoms with Gasteiger partial charge in [-0.25, -0.2) is 0 Å². The molecule has 1 aromatic rings. The number of ether oxygens (including phenoxy) is 1. The van der Waals surface area contributed by atoms with E-state index in [9.17, 15) is 10.1 Å². The van der Waals surface area contributed by atoms with Gasteiger partial charge in [0.05, 0.1) is 18.9 Å². The molecule has 7 heteroatoms. The number of morpholine rings is 1. The minimum atomic E-state index is -0.425. The fraction of sp³-hybridized carbons (Fsp3) is 0.615. The van der Waals surface area contributed by atoms with Gasteiger partial charge in [0.2, 0.25) is 5.91 Å². The molecule has 7 nitrogen and oxygen atoms in total. The largest absolute Gasteiger partial charge is 0.377 e. The van der Waals surface area contributed by atoms with Gasteiger partial charge in [-0.05, 0) is 13.8 Å². The van der Waals surface area contributed by atoms with Gasteiger partial charge in [-0.1, -0.05) is 0 Å². The Morgan fingerprint density at radius 2 is 2.40 bits per heavy atom. The van der Waals surface area contributed by atoms with Gasteiger partial charge in [0.1, 0.15) is 23.5 Å². The average Bonchev–Trinajstić information content (AvgIpc) is 2.72. The van der Waals surface area contributed by atoms with Crippen LogP contribution >= 0.6 is 0 Å². The number of aryl methyl sites for hydroxylation is 2. The first-order valence-electron chi connectivity index (χ1n) is 6.66. The van der Waals surface area contributed by atoms with Crippen molar-refractivity contribution in [3.63, 3.8) is 0 Å². The highest BCUT2D eigenvalue weighted by Crippen LogP contribution is 2.25. The van der Waals surface area contributed by atoms with Crippen LogP contribution in [-0.2, 0) is 16.6 Å². The SMILES string of the molecule is CCNC(=O)C1COCCN1c1c(C#N)c(C)nn1C. The van der Waals surface area contributed by atoms with Crippen LogP contribution in [0.4, 0.5) is 5.82 Å². The molecule has 0 aliphatic carbocycles. The van der Waals surface area contributed by atoms with E-state index in [1.165, 1.54) is 0 Å². The van der Waals surface area contributed by atoms with Crippen LogP contribution in [0.15, 0.2) is 0 Å². The van der Waals surface area contributed by atoms with Gasteiger partial charge in [0.25, 0.3) is 0 Å². The summed E-state index contributed by atoms with van der Waals surface area (Å²) in [7, 11) is 1.79. The monoisotopic (exact) mass is 277 g/mol. The molecule has 1 unspecified atom stereocenters. The van der Waals surface area contributed by atoms with Crippen molar-refractivity contribution in [1.29, 1.82) is 5.26 Å². The number of carbonyl (C=O) groups excluding carboxylic acids is 1. The average molecular weight is 277 g/mol. The van der Waals surface area contributed by atoms with Gasteiger partial charge in [0.15, 0.2) is 0 Å². The Morgan fingerprint density at radius 3 is 3.05 bits per heavy atom. The molecule has 1 saturated heterocycles. The lowest BCUT2D eigenvalue weighted by Crippen LogP contribution is -2.54. The van der Waals surface area contributed by atoms with Gasteiger partial charge in [-0.15, -0.1) is 0 Å². The molecule has 1 aliphatic rings. The maximum absolute atomic E-state index is 12.2. The second-order valence-electron chi connectivity index (χ2n) is 4.70. The molecule has 1 amide bonds. The molecular formula is C13H19N5O2. The Kier molecular flexibility index (Phi) is 4.25. The Labute approximate surface area is 118 Å². The van der Waals surface area contributed by atoms with Gasteiger partial charge in [0, 0.05) is 20.1 Å². The summed E-state index contributed by atoms with van der Waals surface area (Å²) in [6.07, 6.45) is 0. The van der Waals surface area contributed by atoms with Gasteiger partial charge >= 0.3 is 0 Å². The van der Waals surface area contributed by atoms with Crippen LogP contribution in [0.2, 0.25) is 0 Å². The number of rotatable bonds is 3. The molecule has 0 aromatic carbocycles. The van der Waals surface area contributed by atoms with E-state index in [0.29, 0.717) is 43.4 Å². The van der Waals surface area contributed by atoms with E-state index in [1.54, 1.807) is 18.7 Å². The molecule has 2 rings (SSSR count). The van der Waals surface area contributed by atoms with Crippen LogP contribution in [-0.4, -0.2) is 48.0 Å². The number of nitrogens with one attached hydrogen (secondary N) is 1. The zero-order valence-corrected chi connectivity index (χ0v) is 12.0. The number of nitrogens with zero attached hydrogens (tertiary/aromatic N) is 4. The van der Waals surface area contributed by atoms with Crippen molar-refractivity contribution >= 4 is 11.7 Å². The summed E-state index contributed by atoms with van der Waals surface area (Å²) in [5, 5.41) is 16.4. The second-order valence-corrected chi connectivity index (χ2v) is 4.70. The Balaban J connectivity index is 2.38. The third kappa shape index (κ3) is 2.47. The number of nitriles is 1. The van der Waals surface area contributed by atoms with Crippen molar-refractivity contribution in [2.75, 3.05) is 31.2 Å². The Hall–Kier alpha value is -2.07. The maximum atomic E-state index is 12.2. The number of amides is 1. The minimum absolute atomic E-state index is 0.0880. The van der Waals surface area contributed by atoms with Crippen molar-refractivity contribution in [1.82, 2.24) is 15.1 Å². The van der Waals surface area contributed by atoms with Gasteiger partial charge < -0.3 is 15.0 Å². The summed E-state index contributed by atoms with van der Waals surface area (Å²) >= 11 is 0. The topological polar surface area (TPSA) is 83.2 Å². The highest BCUT2D eigenvalue weighted by molar-refractivity contribution is 5.86. The fourth-order valence-corrected chi connectivity index (χ4v) is 2.47. The lowest BCUT2D eigenvalue weighted by atomic mass is 10.1. The first kappa shape index (κ1) is 14.3. The molecular weight excluding hydrogens is 258 g/mol. The normalized spacial score (nSPS) is 18.7. The van der Waals surface area contributed by atoms with Crippen LogP contribution in [0.1, 0.15) is 18.2 Å². The molecule has 20 heavy (non-hydrogen) atoms. The number of anilines is 1. The van der Waals surface area contributed by atoms with Crippen molar-refractivity contribution in [2.24, 2.45) is 7.05 Å². The number of carbonyl (C=O) groups is 1. The number of hydrogen-bond donors (Lipinski definition) is 1. The quantitative estimate of drug-likeness (QED) is 0.837. The summed E-state index contributed by atoms with van der Waals surface area (Å²) < 4.78 is 7.06. The van der Waals surface area contributed by atoms with Crippen LogP contribution in [0.5, 0.6) is 0 Å². The molecule has 0 spiro atoms. The number of aromatic nitrogens is 2. The molecule has 2 heterocycles. The Morgan fingerprint density at radius 1 is 1.65 bits per heavy atom. The third-order valence-corrected chi connectivity index (χ3v) is 3.36. The molecule has 108 valence electrons. The van der Waals surface area contributed by atoms with E-state index in [0.717, 1.165) is 0 Å². The predicted octanol–water partition coefficient (Wildman–Crippen LogP) is -0.0585. The third-order valence-electron chi connectivity index (χ3n) is 3.36. The molecule has 0 radical (unpaired) electrons. The molecule has 1 aliphatic heterocycles. The van der Waals surface area contributed by atoms with E-state index < -0.39 is 6.04 Å². The van der Waals surface area contributed by atoms with Crippen molar-refractivity contribution in [3.8, 4) is 6.07 Å². The van der Waals surface area contributed by atoms with Gasteiger partial charge in [-0.3, -0.25) is 9.48 Å². The number of likely N-dealkylation sites (N-methyl/N-ethyl adjacent to an activating group) is 1. The van der Waals surface area contributed by atoms with E-state index in [1.807, 2.05) is 11.8 Å². The lowest BCUT2D eigenvalue weighted by Gasteiger charge is -2.36. The fourth-order valence-electron chi connectivity index (χ4n) is 2.47.